The van der Waals surface area contributed by atoms with E-state index in [4.69, 9.17) is 37.4 Å². The molecular formula is C22H21Cl2N3O4. The second kappa shape index (κ2) is 9.28. The van der Waals surface area contributed by atoms with E-state index in [1.54, 1.807) is 48.9 Å². The van der Waals surface area contributed by atoms with Gasteiger partial charge in [0.05, 0.1) is 24.5 Å². The molecule has 0 saturated carbocycles. The van der Waals surface area contributed by atoms with E-state index < -0.39 is 5.79 Å². The molecule has 1 aliphatic heterocycles. The summed E-state index contributed by atoms with van der Waals surface area (Å²) in [6, 6.07) is 12.4. The van der Waals surface area contributed by atoms with Gasteiger partial charge in [0.2, 0.25) is 11.7 Å². The number of nitrogens with one attached hydrogen (secondary N) is 1. The van der Waals surface area contributed by atoms with Gasteiger partial charge in [0.1, 0.15) is 18.5 Å². The SMILES string of the molecule is CC(=O)Nc1ccc(OCC2COC(Cn3ccnc3)(c3ccc(Cl)cc3Cl)O2)cc1. The minimum Gasteiger partial charge on any atom is -0.491 e. The third kappa shape index (κ3) is 5.19. The first kappa shape index (κ1) is 21.6. The molecule has 0 aliphatic carbocycles. The number of nitrogens with zero attached hydrogens (tertiary/aromatic N) is 2. The average molecular weight is 462 g/mol. The van der Waals surface area contributed by atoms with Gasteiger partial charge in [0.15, 0.2) is 0 Å². The van der Waals surface area contributed by atoms with Gasteiger partial charge in [0.25, 0.3) is 0 Å². The predicted molar refractivity (Wildman–Crippen MR) is 117 cm³/mol. The molecule has 9 heteroatoms. The Hall–Kier alpha value is -2.58. The molecular weight excluding hydrogens is 441 g/mol. The van der Waals surface area contributed by atoms with Crippen LogP contribution in [0.25, 0.3) is 0 Å². The average Bonchev–Trinajstić information content (AvgIpc) is 3.38. The molecule has 0 bridgehead atoms. The van der Waals surface area contributed by atoms with Crippen LogP contribution in [0.3, 0.4) is 0 Å². The number of ether oxygens (including phenoxy) is 3. The zero-order chi connectivity index (χ0) is 21.8. The lowest BCUT2D eigenvalue weighted by Gasteiger charge is -2.30. The third-order valence-corrected chi connectivity index (χ3v) is 5.31. The Labute approximate surface area is 189 Å². The molecule has 2 heterocycles. The van der Waals surface area contributed by atoms with Crippen molar-refractivity contribution in [3.63, 3.8) is 0 Å². The van der Waals surface area contributed by atoms with Crippen LogP contribution >= 0.6 is 23.2 Å². The topological polar surface area (TPSA) is 74.6 Å². The summed E-state index contributed by atoms with van der Waals surface area (Å²) >= 11 is 12.6. The largest absolute Gasteiger partial charge is 0.491 e. The van der Waals surface area contributed by atoms with Crippen LogP contribution in [-0.4, -0.2) is 34.8 Å². The number of rotatable bonds is 7. The zero-order valence-electron chi connectivity index (χ0n) is 16.8. The number of hydrogen-bond donors (Lipinski definition) is 1. The van der Waals surface area contributed by atoms with Crippen molar-refractivity contribution in [2.75, 3.05) is 18.5 Å². The number of imidazole rings is 1. The maximum Gasteiger partial charge on any atom is 0.221 e. The highest BCUT2D eigenvalue weighted by Crippen LogP contribution is 2.40. The van der Waals surface area contributed by atoms with E-state index in [9.17, 15) is 4.79 Å². The number of amides is 1. The Morgan fingerprint density at radius 1 is 1.29 bits per heavy atom. The highest BCUT2D eigenvalue weighted by atomic mass is 35.5. The van der Waals surface area contributed by atoms with Crippen LogP contribution in [0, 0.1) is 0 Å². The molecule has 31 heavy (non-hydrogen) atoms. The monoisotopic (exact) mass is 461 g/mol. The Morgan fingerprint density at radius 3 is 2.77 bits per heavy atom. The van der Waals surface area contributed by atoms with Gasteiger partial charge in [-0.05, 0) is 36.4 Å². The quantitative estimate of drug-likeness (QED) is 0.560. The van der Waals surface area contributed by atoms with Crippen LogP contribution in [0.2, 0.25) is 10.0 Å². The van der Waals surface area contributed by atoms with Crippen LogP contribution in [0.15, 0.2) is 61.2 Å². The van der Waals surface area contributed by atoms with Gasteiger partial charge >= 0.3 is 0 Å². The highest BCUT2D eigenvalue weighted by molar-refractivity contribution is 6.35. The number of hydrogen-bond acceptors (Lipinski definition) is 5. The van der Waals surface area contributed by atoms with E-state index >= 15 is 0 Å². The summed E-state index contributed by atoms with van der Waals surface area (Å²) in [5.74, 6) is -0.555. The number of aromatic nitrogens is 2. The van der Waals surface area contributed by atoms with E-state index in [0.717, 1.165) is 0 Å². The summed E-state index contributed by atoms with van der Waals surface area (Å²) in [5, 5.41) is 3.72. The van der Waals surface area contributed by atoms with Gasteiger partial charge in [-0.1, -0.05) is 29.3 Å². The van der Waals surface area contributed by atoms with Crippen LogP contribution in [0.5, 0.6) is 5.75 Å². The minimum atomic E-state index is -1.09. The number of carbonyl (C=O) groups is 1. The van der Waals surface area contributed by atoms with Crippen LogP contribution in [0.4, 0.5) is 5.69 Å². The molecule has 1 saturated heterocycles. The maximum absolute atomic E-state index is 11.1. The molecule has 1 N–H and O–H groups in total. The first-order valence-electron chi connectivity index (χ1n) is 9.67. The van der Waals surface area contributed by atoms with Crippen molar-refractivity contribution in [3.05, 3.63) is 76.8 Å². The summed E-state index contributed by atoms with van der Waals surface area (Å²) in [7, 11) is 0. The first-order chi connectivity index (χ1) is 14.9. The zero-order valence-corrected chi connectivity index (χ0v) is 18.3. The lowest BCUT2D eigenvalue weighted by atomic mass is 10.1. The van der Waals surface area contributed by atoms with Gasteiger partial charge < -0.3 is 24.1 Å². The van der Waals surface area contributed by atoms with E-state index in [0.29, 0.717) is 40.2 Å². The van der Waals surface area contributed by atoms with Gasteiger partial charge in [0, 0.05) is 35.6 Å². The van der Waals surface area contributed by atoms with Crippen molar-refractivity contribution in [3.8, 4) is 5.75 Å². The van der Waals surface area contributed by atoms with Crippen molar-refractivity contribution < 1.29 is 19.0 Å². The summed E-state index contributed by atoms with van der Waals surface area (Å²) < 4.78 is 20.2. The Bertz CT molecular complexity index is 1040. The molecule has 3 aromatic rings. The Morgan fingerprint density at radius 2 is 2.10 bits per heavy atom. The summed E-state index contributed by atoms with van der Waals surface area (Å²) in [5.41, 5.74) is 1.39. The van der Waals surface area contributed by atoms with E-state index in [1.165, 1.54) is 6.92 Å². The Balaban J connectivity index is 1.47. The molecule has 1 amide bonds. The fourth-order valence-electron chi connectivity index (χ4n) is 3.40. The molecule has 0 radical (unpaired) electrons. The molecule has 2 aromatic carbocycles. The third-order valence-electron chi connectivity index (χ3n) is 4.76. The second-order valence-corrected chi connectivity index (χ2v) is 8.02. The van der Waals surface area contributed by atoms with Gasteiger partial charge in [-0.25, -0.2) is 4.98 Å². The van der Waals surface area contributed by atoms with Crippen LogP contribution < -0.4 is 10.1 Å². The molecule has 162 valence electrons. The van der Waals surface area contributed by atoms with Crippen molar-refractivity contribution >= 4 is 34.8 Å². The van der Waals surface area contributed by atoms with Gasteiger partial charge in [-0.2, -0.15) is 0 Å². The lowest BCUT2D eigenvalue weighted by Crippen LogP contribution is -2.34. The minimum absolute atomic E-state index is 0.125. The number of benzene rings is 2. The smallest absolute Gasteiger partial charge is 0.221 e. The summed E-state index contributed by atoms with van der Waals surface area (Å²) in [6.45, 7) is 2.45. The van der Waals surface area contributed by atoms with E-state index in [-0.39, 0.29) is 18.6 Å². The summed E-state index contributed by atoms with van der Waals surface area (Å²) in [6.07, 6.45) is 4.90. The number of halogens is 2. The first-order valence-corrected chi connectivity index (χ1v) is 10.4. The fraction of sp³-hybridized carbons (Fsp3) is 0.273. The molecule has 4 rings (SSSR count). The normalized spacial score (nSPS) is 20.5. The van der Waals surface area contributed by atoms with Crippen LogP contribution in [-0.2, 0) is 26.6 Å². The van der Waals surface area contributed by atoms with E-state index in [2.05, 4.69) is 10.3 Å². The second-order valence-electron chi connectivity index (χ2n) is 7.18. The number of anilines is 1. The Kier molecular flexibility index (Phi) is 6.48. The molecule has 0 spiro atoms. The van der Waals surface area contributed by atoms with Crippen LogP contribution in [0.1, 0.15) is 12.5 Å². The highest BCUT2D eigenvalue weighted by Gasteiger charge is 2.45. The molecule has 1 aliphatic rings. The standard InChI is InChI=1S/C22H21Cl2N3O4/c1-15(28)26-17-3-5-18(6-4-17)29-11-19-12-30-22(31-19,13-27-9-8-25-14-27)20-7-2-16(23)10-21(20)24/h2-10,14,19H,11-13H2,1H3,(H,26,28). The maximum atomic E-state index is 11.1. The molecule has 2 unspecified atom stereocenters. The molecule has 1 fully saturated rings. The lowest BCUT2D eigenvalue weighted by molar-refractivity contribution is -0.189. The summed E-state index contributed by atoms with van der Waals surface area (Å²) in [4.78, 5) is 15.2. The van der Waals surface area contributed by atoms with E-state index in [1.807, 2.05) is 16.8 Å². The number of carbonyl (C=O) groups excluding carboxylic acids is 1. The van der Waals surface area contributed by atoms with Crippen molar-refractivity contribution in [1.82, 2.24) is 9.55 Å². The molecule has 1 aromatic heterocycles. The molecule has 7 nitrogen and oxygen atoms in total. The van der Waals surface area contributed by atoms with Gasteiger partial charge in [-0.3, -0.25) is 4.79 Å². The predicted octanol–water partition coefficient (Wildman–Crippen LogP) is 4.50. The molecule has 2 atom stereocenters. The van der Waals surface area contributed by atoms with Crippen molar-refractivity contribution in [2.45, 2.75) is 25.4 Å². The van der Waals surface area contributed by atoms with Crippen molar-refractivity contribution in [1.29, 1.82) is 0 Å². The van der Waals surface area contributed by atoms with Gasteiger partial charge in [-0.15, -0.1) is 0 Å². The fourth-order valence-corrected chi connectivity index (χ4v) is 3.95. The van der Waals surface area contributed by atoms with Crippen molar-refractivity contribution in [2.24, 2.45) is 0 Å².